The van der Waals surface area contributed by atoms with Crippen molar-refractivity contribution < 1.29 is 4.42 Å². The van der Waals surface area contributed by atoms with Gasteiger partial charge in [0.15, 0.2) is 12.0 Å². The molecule has 0 spiro atoms. The number of hydrogen-bond acceptors (Lipinski definition) is 3. The molecule has 0 fully saturated rings. The number of para-hydroxylation sites is 1. The van der Waals surface area contributed by atoms with E-state index < -0.39 is 0 Å². The molecule has 0 saturated heterocycles. The van der Waals surface area contributed by atoms with Crippen molar-refractivity contribution in [2.75, 3.05) is 6.54 Å². The molecule has 2 rings (SSSR count). The Kier molecular flexibility index (Phi) is 2.10. The van der Waals surface area contributed by atoms with Crippen LogP contribution in [0.25, 0.3) is 17.2 Å². The molecule has 0 bridgehead atoms. The molecule has 1 heterocycles. The smallest absolute Gasteiger partial charge is 0.182 e. The number of oxazole rings is 1. The van der Waals surface area contributed by atoms with E-state index in [1.54, 1.807) is 0 Å². The molecule has 13 heavy (non-hydrogen) atoms. The minimum absolute atomic E-state index is 0.532. The van der Waals surface area contributed by atoms with Crippen LogP contribution in [0.4, 0.5) is 0 Å². The first-order chi connectivity index (χ1) is 6.42. The Balaban J connectivity index is 2.54. The molecule has 0 unspecified atom stereocenters. The topological polar surface area (TPSA) is 52.0 Å². The number of hydrogen-bond donors (Lipinski definition) is 1. The molecule has 1 aromatic carbocycles. The van der Waals surface area contributed by atoms with Crippen LogP contribution < -0.4 is 5.73 Å². The number of aromatic nitrogens is 1. The Morgan fingerprint density at radius 2 is 2.38 bits per heavy atom. The van der Waals surface area contributed by atoms with Gasteiger partial charge in [0.1, 0.15) is 5.52 Å². The maximum atomic E-state index is 5.36. The molecule has 0 aliphatic heterocycles. The molecule has 0 radical (unpaired) electrons. The molecule has 0 saturated carbocycles. The van der Waals surface area contributed by atoms with Crippen molar-refractivity contribution in [2.24, 2.45) is 5.73 Å². The fraction of sp³-hybridized carbons (Fsp3) is 0.100. The third kappa shape index (κ3) is 1.46. The van der Waals surface area contributed by atoms with Crippen molar-refractivity contribution in [1.82, 2.24) is 4.98 Å². The van der Waals surface area contributed by atoms with Gasteiger partial charge in [-0.05, 0) is 6.07 Å². The largest absolute Gasteiger partial charge is 0.443 e. The summed E-state index contributed by atoms with van der Waals surface area (Å²) in [5.74, 6) is 0. The molecular formula is C10H10N2O. The molecule has 0 aliphatic carbocycles. The summed E-state index contributed by atoms with van der Waals surface area (Å²) in [6.07, 6.45) is 5.27. The van der Waals surface area contributed by atoms with E-state index in [0.717, 1.165) is 16.7 Å². The second-order valence-electron chi connectivity index (χ2n) is 2.69. The summed E-state index contributed by atoms with van der Waals surface area (Å²) in [4.78, 5) is 4.06. The van der Waals surface area contributed by atoms with Crippen LogP contribution in [-0.2, 0) is 0 Å². The van der Waals surface area contributed by atoms with Crippen molar-refractivity contribution >= 4 is 17.2 Å². The maximum absolute atomic E-state index is 5.36. The first-order valence-corrected chi connectivity index (χ1v) is 4.10. The number of nitrogens with zero attached hydrogens (tertiary/aromatic N) is 1. The van der Waals surface area contributed by atoms with Gasteiger partial charge < -0.3 is 10.2 Å². The zero-order valence-electron chi connectivity index (χ0n) is 7.10. The lowest BCUT2D eigenvalue weighted by atomic mass is 10.2. The standard InChI is InChI=1S/C10H10N2O/c11-6-2-4-8-3-1-5-9-10(8)13-7-12-9/h1-5,7H,6,11H2/b4-2+. The first kappa shape index (κ1) is 8.01. The minimum Gasteiger partial charge on any atom is -0.443 e. The van der Waals surface area contributed by atoms with Crippen molar-refractivity contribution in [3.63, 3.8) is 0 Å². The number of nitrogens with two attached hydrogens (primary N) is 1. The fourth-order valence-corrected chi connectivity index (χ4v) is 1.23. The third-order valence-electron chi connectivity index (χ3n) is 1.82. The lowest BCUT2D eigenvalue weighted by Gasteiger charge is -1.92. The number of benzene rings is 1. The van der Waals surface area contributed by atoms with Crippen molar-refractivity contribution in [3.8, 4) is 0 Å². The Labute approximate surface area is 75.9 Å². The van der Waals surface area contributed by atoms with Gasteiger partial charge in [0.05, 0.1) is 0 Å². The average molecular weight is 174 g/mol. The first-order valence-electron chi connectivity index (χ1n) is 4.10. The molecule has 66 valence electrons. The van der Waals surface area contributed by atoms with E-state index >= 15 is 0 Å². The minimum atomic E-state index is 0.532. The van der Waals surface area contributed by atoms with Gasteiger partial charge >= 0.3 is 0 Å². The molecule has 1 aromatic heterocycles. The molecular weight excluding hydrogens is 164 g/mol. The van der Waals surface area contributed by atoms with Crippen LogP contribution >= 0.6 is 0 Å². The quantitative estimate of drug-likeness (QED) is 0.755. The zero-order valence-corrected chi connectivity index (χ0v) is 7.10. The van der Waals surface area contributed by atoms with E-state index in [1.165, 1.54) is 6.39 Å². The van der Waals surface area contributed by atoms with Gasteiger partial charge in [-0.1, -0.05) is 24.3 Å². The van der Waals surface area contributed by atoms with E-state index in [-0.39, 0.29) is 0 Å². The van der Waals surface area contributed by atoms with Crippen LogP contribution in [0.2, 0.25) is 0 Å². The van der Waals surface area contributed by atoms with E-state index in [1.807, 2.05) is 30.4 Å². The van der Waals surface area contributed by atoms with Gasteiger partial charge in [0, 0.05) is 12.1 Å². The summed E-state index contributed by atoms with van der Waals surface area (Å²) >= 11 is 0. The number of fused-ring (bicyclic) bond motifs is 1. The monoisotopic (exact) mass is 174 g/mol. The Bertz CT molecular complexity index is 431. The highest BCUT2D eigenvalue weighted by molar-refractivity contribution is 5.82. The Hall–Kier alpha value is -1.61. The van der Waals surface area contributed by atoms with Crippen LogP contribution in [-0.4, -0.2) is 11.5 Å². The molecule has 2 aromatic rings. The maximum Gasteiger partial charge on any atom is 0.182 e. The highest BCUT2D eigenvalue weighted by atomic mass is 16.3. The van der Waals surface area contributed by atoms with Crippen molar-refractivity contribution in [3.05, 3.63) is 36.2 Å². The van der Waals surface area contributed by atoms with E-state index in [9.17, 15) is 0 Å². The Morgan fingerprint density at radius 1 is 1.46 bits per heavy atom. The predicted molar refractivity (Wildman–Crippen MR) is 52.1 cm³/mol. The molecule has 2 N–H and O–H groups in total. The van der Waals surface area contributed by atoms with Gasteiger partial charge in [-0.15, -0.1) is 0 Å². The number of rotatable bonds is 2. The van der Waals surface area contributed by atoms with E-state index in [0.29, 0.717) is 6.54 Å². The van der Waals surface area contributed by atoms with Crippen LogP contribution in [0, 0.1) is 0 Å². The summed E-state index contributed by atoms with van der Waals surface area (Å²) in [6, 6.07) is 5.83. The molecule has 0 amide bonds. The lowest BCUT2D eigenvalue weighted by Crippen LogP contribution is -1.91. The van der Waals surface area contributed by atoms with Gasteiger partial charge in [-0.3, -0.25) is 0 Å². The SMILES string of the molecule is NC/C=C/c1cccc2ncoc12. The van der Waals surface area contributed by atoms with Crippen LogP contribution in [0.1, 0.15) is 5.56 Å². The molecule has 3 heteroatoms. The van der Waals surface area contributed by atoms with Crippen molar-refractivity contribution in [2.45, 2.75) is 0 Å². The molecule has 0 aliphatic rings. The molecule has 0 atom stereocenters. The predicted octanol–water partition coefficient (Wildman–Crippen LogP) is 1.80. The fourth-order valence-electron chi connectivity index (χ4n) is 1.23. The van der Waals surface area contributed by atoms with Gasteiger partial charge in [0.2, 0.25) is 0 Å². The summed E-state index contributed by atoms with van der Waals surface area (Å²) in [5.41, 5.74) is 8.06. The normalized spacial score (nSPS) is 11.5. The second-order valence-corrected chi connectivity index (χ2v) is 2.69. The van der Waals surface area contributed by atoms with E-state index in [2.05, 4.69) is 4.98 Å². The van der Waals surface area contributed by atoms with Crippen LogP contribution in [0.3, 0.4) is 0 Å². The van der Waals surface area contributed by atoms with Gasteiger partial charge in [-0.2, -0.15) is 0 Å². The third-order valence-corrected chi connectivity index (χ3v) is 1.82. The van der Waals surface area contributed by atoms with Crippen LogP contribution in [0.5, 0.6) is 0 Å². The summed E-state index contributed by atoms with van der Waals surface area (Å²) < 4.78 is 5.24. The molecule has 3 nitrogen and oxygen atoms in total. The highest BCUT2D eigenvalue weighted by Gasteiger charge is 2.00. The van der Waals surface area contributed by atoms with Gasteiger partial charge in [0.25, 0.3) is 0 Å². The Morgan fingerprint density at radius 3 is 3.23 bits per heavy atom. The highest BCUT2D eigenvalue weighted by Crippen LogP contribution is 2.18. The van der Waals surface area contributed by atoms with Crippen LogP contribution in [0.15, 0.2) is 35.1 Å². The van der Waals surface area contributed by atoms with Crippen molar-refractivity contribution in [1.29, 1.82) is 0 Å². The summed E-state index contributed by atoms with van der Waals surface area (Å²) in [5, 5.41) is 0. The van der Waals surface area contributed by atoms with E-state index in [4.69, 9.17) is 10.2 Å². The lowest BCUT2D eigenvalue weighted by molar-refractivity contribution is 0.601. The van der Waals surface area contributed by atoms with Gasteiger partial charge in [-0.25, -0.2) is 4.98 Å². The summed E-state index contributed by atoms with van der Waals surface area (Å²) in [7, 11) is 0. The second kappa shape index (κ2) is 3.41. The summed E-state index contributed by atoms with van der Waals surface area (Å²) in [6.45, 7) is 0.532. The zero-order chi connectivity index (χ0) is 9.10. The average Bonchev–Trinajstić information content (AvgIpc) is 2.62.